The van der Waals surface area contributed by atoms with Crippen LogP contribution in [0.25, 0.3) is 11.1 Å². The molecule has 2 N–H and O–H groups in total. The fraction of sp³-hybridized carbons (Fsp3) is 0.400. The molecule has 10 nitrogen and oxygen atoms in total. The lowest BCUT2D eigenvalue weighted by molar-refractivity contribution is -0.120. The van der Waals surface area contributed by atoms with Crippen molar-refractivity contribution >= 4 is 29.0 Å². The zero-order chi connectivity index (χ0) is 18.6. The molecule has 10 heteroatoms. The quantitative estimate of drug-likeness (QED) is 0.742. The normalized spacial score (nSPS) is 10.5. The Morgan fingerprint density at radius 1 is 1.32 bits per heavy atom. The summed E-state index contributed by atoms with van der Waals surface area (Å²) in [6, 6.07) is -0.666. The summed E-state index contributed by atoms with van der Waals surface area (Å²) >= 11 is 0. The molecule has 3 amide bonds. The summed E-state index contributed by atoms with van der Waals surface area (Å²) in [5.41, 5.74) is -0.685. The zero-order valence-electron chi connectivity index (χ0n) is 14.0. The largest absolute Gasteiger partial charge is 0.462 e. The molecule has 2 heterocycles. The van der Waals surface area contributed by atoms with E-state index in [1.165, 1.54) is 6.92 Å². The third-order valence-corrected chi connectivity index (χ3v) is 3.24. The van der Waals surface area contributed by atoms with Crippen LogP contribution in [0.3, 0.4) is 0 Å². The average Bonchev–Trinajstić information content (AvgIpc) is 2.87. The van der Waals surface area contributed by atoms with Crippen molar-refractivity contribution in [2.24, 2.45) is 0 Å². The topological polar surface area (TPSA) is 133 Å². The van der Waals surface area contributed by atoms with Crippen LogP contribution in [0.1, 0.15) is 30.0 Å². The summed E-state index contributed by atoms with van der Waals surface area (Å²) in [5.74, 6) is -1.21. The number of amides is 3. The zero-order valence-corrected chi connectivity index (χ0v) is 14.0. The molecule has 0 saturated carbocycles. The number of ether oxygens (including phenoxy) is 1. The van der Waals surface area contributed by atoms with Gasteiger partial charge in [-0.05, 0) is 20.8 Å². The minimum atomic E-state index is -0.706. The van der Waals surface area contributed by atoms with Gasteiger partial charge in [0.15, 0.2) is 0 Å². The first-order valence-corrected chi connectivity index (χ1v) is 7.62. The van der Waals surface area contributed by atoms with Gasteiger partial charge in [0.25, 0.3) is 5.56 Å². The van der Waals surface area contributed by atoms with E-state index in [9.17, 15) is 19.2 Å². The van der Waals surface area contributed by atoms with E-state index in [2.05, 4.69) is 15.6 Å². The molecule has 2 aromatic rings. The van der Waals surface area contributed by atoms with Gasteiger partial charge in [-0.2, -0.15) is 0 Å². The second-order valence-corrected chi connectivity index (χ2v) is 5.02. The highest BCUT2D eigenvalue weighted by Crippen LogP contribution is 2.21. The van der Waals surface area contributed by atoms with Gasteiger partial charge in [0.1, 0.15) is 29.6 Å². The van der Waals surface area contributed by atoms with Crippen molar-refractivity contribution in [3.8, 4) is 0 Å². The standard InChI is InChI=1S/C15H18N4O6/c1-4-16-15(23)18-9(20)6-19-7-17-12-11(13(19)21)10(8(3)25-12)14(22)24-5-2/h7H,4-6H2,1-3H3,(H2,16,18,20,23). The van der Waals surface area contributed by atoms with Crippen molar-refractivity contribution in [2.45, 2.75) is 27.3 Å². The van der Waals surface area contributed by atoms with E-state index in [4.69, 9.17) is 9.15 Å². The molecule has 2 aromatic heterocycles. The predicted molar refractivity (Wildman–Crippen MR) is 86.2 cm³/mol. The number of imide groups is 1. The van der Waals surface area contributed by atoms with Crippen molar-refractivity contribution in [3.63, 3.8) is 0 Å². The van der Waals surface area contributed by atoms with Crippen LogP contribution < -0.4 is 16.2 Å². The van der Waals surface area contributed by atoms with Crippen LogP contribution in [0.5, 0.6) is 0 Å². The van der Waals surface area contributed by atoms with Gasteiger partial charge in [0, 0.05) is 6.54 Å². The number of nitrogens with zero attached hydrogens (tertiary/aromatic N) is 2. The lowest BCUT2D eigenvalue weighted by atomic mass is 10.2. The lowest BCUT2D eigenvalue weighted by Crippen LogP contribution is -2.42. The molecule has 134 valence electrons. The number of aromatic nitrogens is 2. The number of esters is 1. The Balaban J connectivity index is 2.37. The first-order valence-electron chi connectivity index (χ1n) is 7.62. The van der Waals surface area contributed by atoms with Gasteiger partial charge in [-0.3, -0.25) is 19.5 Å². The van der Waals surface area contributed by atoms with Crippen molar-refractivity contribution < 1.29 is 23.5 Å². The maximum absolute atomic E-state index is 12.6. The molecule has 0 spiro atoms. The fourth-order valence-electron chi connectivity index (χ4n) is 2.22. The van der Waals surface area contributed by atoms with Gasteiger partial charge >= 0.3 is 12.0 Å². The van der Waals surface area contributed by atoms with E-state index in [0.717, 1.165) is 10.9 Å². The molecule has 0 atom stereocenters. The highest BCUT2D eigenvalue weighted by molar-refractivity contribution is 6.03. The summed E-state index contributed by atoms with van der Waals surface area (Å²) in [7, 11) is 0. The summed E-state index contributed by atoms with van der Waals surface area (Å²) in [4.78, 5) is 51.8. The van der Waals surface area contributed by atoms with Crippen LogP contribution >= 0.6 is 0 Å². The molecule has 0 bridgehead atoms. The monoisotopic (exact) mass is 350 g/mol. The number of fused-ring (bicyclic) bond motifs is 1. The van der Waals surface area contributed by atoms with Crippen LogP contribution in [0, 0.1) is 6.92 Å². The summed E-state index contributed by atoms with van der Waals surface area (Å²) in [6.07, 6.45) is 1.11. The van der Waals surface area contributed by atoms with E-state index in [1.807, 2.05) is 0 Å². The molecular formula is C15H18N4O6. The number of aryl methyl sites for hydroxylation is 1. The third kappa shape index (κ3) is 3.84. The van der Waals surface area contributed by atoms with Crippen molar-refractivity contribution in [2.75, 3.05) is 13.2 Å². The minimum Gasteiger partial charge on any atom is -0.462 e. The molecule has 0 aliphatic rings. The molecule has 25 heavy (non-hydrogen) atoms. The Hall–Kier alpha value is -3.17. The lowest BCUT2D eigenvalue weighted by Gasteiger charge is -2.06. The fourth-order valence-corrected chi connectivity index (χ4v) is 2.22. The maximum atomic E-state index is 12.6. The van der Waals surface area contributed by atoms with E-state index < -0.39 is 30.0 Å². The van der Waals surface area contributed by atoms with Crippen LogP contribution in [-0.2, 0) is 16.1 Å². The van der Waals surface area contributed by atoms with Gasteiger partial charge in [0.05, 0.1) is 6.61 Å². The molecule has 0 aliphatic heterocycles. The number of hydrogen-bond acceptors (Lipinski definition) is 7. The van der Waals surface area contributed by atoms with E-state index in [0.29, 0.717) is 6.54 Å². The minimum absolute atomic E-state index is 0.0205. The van der Waals surface area contributed by atoms with Gasteiger partial charge < -0.3 is 14.5 Å². The molecule has 0 aliphatic carbocycles. The third-order valence-electron chi connectivity index (χ3n) is 3.24. The molecule has 0 fully saturated rings. The second-order valence-electron chi connectivity index (χ2n) is 5.02. The Morgan fingerprint density at radius 2 is 2.04 bits per heavy atom. The number of furan rings is 1. The van der Waals surface area contributed by atoms with Crippen LogP contribution in [-0.4, -0.2) is 40.6 Å². The molecule has 0 aromatic carbocycles. The molecular weight excluding hydrogens is 332 g/mol. The van der Waals surface area contributed by atoms with Gasteiger partial charge in [-0.1, -0.05) is 0 Å². The number of nitrogens with one attached hydrogen (secondary N) is 2. The Bertz CT molecular complexity index is 882. The smallest absolute Gasteiger partial charge is 0.342 e. The van der Waals surface area contributed by atoms with Crippen molar-refractivity contribution in [1.82, 2.24) is 20.2 Å². The first-order chi connectivity index (χ1) is 11.9. The number of urea groups is 1. The summed E-state index contributed by atoms with van der Waals surface area (Å²) in [5, 5.41) is 4.41. The van der Waals surface area contributed by atoms with Gasteiger partial charge in [-0.25, -0.2) is 14.6 Å². The highest BCUT2D eigenvalue weighted by Gasteiger charge is 2.24. The van der Waals surface area contributed by atoms with Crippen LogP contribution in [0.4, 0.5) is 4.79 Å². The van der Waals surface area contributed by atoms with E-state index in [-0.39, 0.29) is 29.0 Å². The number of carbonyl (C=O) groups is 3. The van der Waals surface area contributed by atoms with Crippen LogP contribution in [0.15, 0.2) is 15.5 Å². The van der Waals surface area contributed by atoms with E-state index >= 15 is 0 Å². The Kier molecular flexibility index (Phi) is 5.52. The SMILES string of the molecule is CCNC(=O)NC(=O)Cn1cnc2oc(C)c(C(=O)OCC)c2c1=O. The van der Waals surface area contributed by atoms with Gasteiger partial charge in [-0.15, -0.1) is 0 Å². The number of carbonyl (C=O) groups excluding carboxylic acids is 3. The highest BCUT2D eigenvalue weighted by atomic mass is 16.5. The first kappa shape index (κ1) is 18.2. The Morgan fingerprint density at radius 3 is 2.68 bits per heavy atom. The number of rotatable bonds is 5. The number of hydrogen-bond donors (Lipinski definition) is 2. The maximum Gasteiger partial charge on any atom is 0.342 e. The molecule has 0 radical (unpaired) electrons. The van der Waals surface area contributed by atoms with Crippen molar-refractivity contribution in [1.29, 1.82) is 0 Å². The van der Waals surface area contributed by atoms with Crippen LogP contribution in [0.2, 0.25) is 0 Å². The molecule has 2 rings (SSSR count). The molecule has 0 saturated heterocycles. The predicted octanol–water partition coefficient (Wildman–Crippen LogP) is 0.320. The second kappa shape index (κ2) is 7.60. The van der Waals surface area contributed by atoms with Crippen molar-refractivity contribution in [3.05, 3.63) is 28.0 Å². The summed E-state index contributed by atoms with van der Waals surface area (Å²) in [6.45, 7) is 4.89. The van der Waals surface area contributed by atoms with E-state index in [1.54, 1.807) is 13.8 Å². The molecule has 0 unspecified atom stereocenters. The van der Waals surface area contributed by atoms with Gasteiger partial charge in [0.2, 0.25) is 11.6 Å². The average molecular weight is 350 g/mol. The summed E-state index contributed by atoms with van der Waals surface area (Å²) < 4.78 is 11.2. The Labute approximate surface area is 142 Å².